The molecule has 1 aliphatic heterocycles. The molecule has 1 fully saturated rings. The molecule has 0 bridgehead atoms. The van der Waals surface area contributed by atoms with Gasteiger partial charge in [0.1, 0.15) is 0 Å². The number of likely N-dealkylation sites (tertiary alicyclic amines) is 1. The first-order chi connectivity index (χ1) is 9.47. The highest BCUT2D eigenvalue weighted by Crippen LogP contribution is 2.20. The van der Waals surface area contributed by atoms with E-state index in [0.29, 0.717) is 31.1 Å². The van der Waals surface area contributed by atoms with Crippen LogP contribution in [0.4, 0.5) is 0 Å². The normalized spacial score (nSPS) is 18.9. The predicted octanol–water partition coefficient (Wildman–Crippen LogP) is 0.910. The molecule has 2 heterocycles. The van der Waals surface area contributed by atoms with Gasteiger partial charge in [-0.15, -0.1) is 0 Å². The van der Waals surface area contributed by atoms with Gasteiger partial charge in [0.25, 0.3) is 0 Å². The number of halogens is 1. The molecule has 7 heteroatoms. The SMILES string of the molecule is CC(C)N1C[C@H](C(=O)NCCn2cc(Cl)cn2)CC1=O. The van der Waals surface area contributed by atoms with Crippen molar-refractivity contribution in [3.63, 3.8) is 0 Å². The van der Waals surface area contributed by atoms with E-state index in [9.17, 15) is 9.59 Å². The Bertz CT molecular complexity index is 500. The zero-order chi connectivity index (χ0) is 14.7. The number of hydrogen-bond donors (Lipinski definition) is 1. The molecule has 110 valence electrons. The molecule has 1 aromatic heterocycles. The van der Waals surface area contributed by atoms with E-state index < -0.39 is 0 Å². The topological polar surface area (TPSA) is 67.2 Å². The lowest BCUT2D eigenvalue weighted by Gasteiger charge is -2.20. The summed E-state index contributed by atoms with van der Waals surface area (Å²) in [5, 5.41) is 7.44. The molecule has 0 spiro atoms. The molecule has 20 heavy (non-hydrogen) atoms. The number of nitrogens with zero attached hydrogens (tertiary/aromatic N) is 3. The van der Waals surface area contributed by atoms with Crippen LogP contribution < -0.4 is 5.32 Å². The van der Waals surface area contributed by atoms with E-state index >= 15 is 0 Å². The standard InChI is InChI=1S/C13H19ClN4O2/c1-9(2)18-7-10(5-12(18)19)13(20)15-3-4-17-8-11(14)6-16-17/h6,8-10H,3-5,7H2,1-2H3,(H,15,20)/t10-/m1/s1. The van der Waals surface area contributed by atoms with Gasteiger partial charge in [0.15, 0.2) is 0 Å². The maximum Gasteiger partial charge on any atom is 0.225 e. The lowest BCUT2D eigenvalue weighted by Crippen LogP contribution is -2.36. The predicted molar refractivity (Wildman–Crippen MR) is 75.2 cm³/mol. The van der Waals surface area contributed by atoms with Crippen LogP contribution in [-0.4, -0.2) is 45.6 Å². The number of amides is 2. The fourth-order valence-electron chi connectivity index (χ4n) is 2.30. The van der Waals surface area contributed by atoms with Crippen molar-refractivity contribution in [2.24, 2.45) is 5.92 Å². The molecule has 1 atom stereocenters. The number of aromatic nitrogens is 2. The van der Waals surface area contributed by atoms with Gasteiger partial charge >= 0.3 is 0 Å². The van der Waals surface area contributed by atoms with E-state index in [1.807, 2.05) is 13.8 Å². The zero-order valence-corrected chi connectivity index (χ0v) is 12.4. The molecule has 0 aliphatic carbocycles. The maximum absolute atomic E-state index is 12.0. The molecule has 1 saturated heterocycles. The largest absolute Gasteiger partial charge is 0.354 e. The smallest absolute Gasteiger partial charge is 0.225 e. The summed E-state index contributed by atoms with van der Waals surface area (Å²) < 4.78 is 1.67. The van der Waals surface area contributed by atoms with E-state index in [4.69, 9.17) is 11.6 Å². The second-order valence-corrected chi connectivity index (χ2v) is 5.69. The summed E-state index contributed by atoms with van der Waals surface area (Å²) in [6.45, 7) is 5.46. The number of carbonyl (C=O) groups is 2. The molecule has 0 saturated carbocycles. The molecule has 0 unspecified atom stereocenters. The highest BCUT2D eigenvalue weighted by molar-refractivity contribution is 6.30. The van der Waals surface area contributed by atoms with Crippen molar-refractivity contribution in [2.75, 3.05) is 13.1 Å². The quantitative estimate of drug-likeness (QED) is 0.878. The Morgan fingerprint density at radius 2 is 2.35 bits per heavy atom. The van der Waals surface area contributed by atoms with Gasteiger partial charge in [0, 0.05) is 31.7 Å². The first kappa shape index (κ1) is 14.8. The van der Waals surface area contributed by atoms with Crippen LogP contribution in [0, 0.1) is 5.92 Å². The third-order valence-electron chi connectivity index (χ3n) is 3.39. The second kappa shape index (κ2) is 6.26. The van der Waals surface area contributed by atoms with Crippen LogP contribution in [0.3, 0.4) is 0 Å². The van der Waals surface area contributed by atoms with Crippen molar-refractivity contribution in [1.29, 1.82) is 0 Å². The summed E-state index contributed by atoms with van der Waals surface area (Å²) in [7, 11) is 0. The van der Waals surface area contributed by atoms with Crippen LogP contribution in [0.1, 0.15) is 20.3 Å². The van der Waals surface area contributed by atoms with E-state index in [1.165, 1.54) is 0 Å². The van der Waals surface area contributed by atoms with Gasteiger partial charge in [-0.25, -0.2) is 0 Å². The molecule has 1 N–H and O–H groups in total. The van der Waals surface area contributed by atoms with E-state index in [0.717, 1.165) is 0 Å². The Morgan fingerprint density at radius 1 is 1.60 bits per heavy atom. The average molecular weight is 299 g/mol. The maximum atomic E-state index is 12.0. The minimum Gasteiger partial charge on any atom is -0.354 e. The van der Waals surface area contributed by atoms with Crippen LogP contribution in [0.2, 0.25) is 5.02 Å². The lowest BCUT2D eigenvalue weighted by molar-refractivity contribution is -0.129. The van der Waals surface area contributed by atoms with Gasteiger partial charge in [-0.2, -0.15) is 5.10 Å². The van der Waals surface area contributed by atoms with Crippen LogP contribution in [0.15, 0.2) is 12.4 Å². The van der Waals surface area contributed by atoms with Crippen molar-refractivity contribution in [1.82, 2.24) is 20.0 Å². The first-order valence-corrected chi connectivity index (χ1v) is 7.10. The van der Waals surface area contributed by atoms with Crippen molar-refractivity contribution >= 4 is 23.4 Å². The van der Waals surface area contributed by atoms with Crippen LogP contribution in [-0.2, 0) is 16.1 Å². The summed E-state index contributed by atoms with van der Waals surface area (Å²) in [5.74, 6) is -0.259. The highest BCUT2D eigenvalue weighted by Gasteiger charge is 2.35. The molecule has 2 rings (SSSR count). The van der Waals surface area contributed by atoms with Gasteiger partial charge in [-0.1, -0.05) is 11.6 Å². The van der Waals surface area contributed by atoms with Crippen molar-refractivity contribution in [2.45, 2.75) is 32.9 Å². The lowest BCUT2D eigenvalue weighted by atomic mass is 10.1. The minimum absolute atomic E-state index is 0.0546. The molecule has 0 aromatic carbocycles. The third kappa shape index (κ3) is 3.50. The summed E-state index contributed by atoms with van der Waals surface area (Å²) in [4.78, 5) is 25.5. The van der Waals surface area contributed by atoms with Crippen molar-refractivity contribution in [3.05, 3.63) is 17.4 Å². The number of rotatable bonds is 5. The number of nitrogens with one attached hydrogen (secondary N) is 1. The average Bonchev–Trinajstić information content (AvgIpc) is 2.95. The number of hydrogen-bond acceptors (Lipinski definition) is 3. The molecule has 0 radical (unpaired) electrons. The van der Waals surface area contributed by atoms with Crippen LogP contribution >= 0.6 is 11.6 Å². The van der Waals surface area contributed by atoms with Gasteiger partial charge in [0.2, 0.25) is 11.8 Å². The van der Waals surface area contributed by atoms with E-state index in [-0.39, 0.29) is 23.8 Å². The Kier molecular flexibility index (Phi) is 4.65. The van der Waals surface area contributed by atoms with Gasteiger partial charge in [-0.05, 0) is 13.8 Å². The Labute approximate surface area is 123 Å². The molecule has 1 aliphatic rings. The summed E-state index contributed by atoms with van der Waals surface area (Å²) >= 11 is 5.75. The first-order valence-electron chi connectivity index (χ1n) is 6.72. The van der Waals surface area contributed by atoms with Crippen LogP contribution in [0.5, 0.6) is 0 Å². The summed E-state index contributed by atoms with van der Waals surface area (Å²) in [6, 6.07) is 0.145. The molecule has 6 nitrogen and oxygen atoms in total. The number of carbonyl (C=O) groups excluding carboxylic acids is 2. The summed E-state index contributed by atoms with van der Waals surface area (Å²) in [6.07, 6.45) is 3.56. The minimum atomic E-state index is -0.244. The van der Waals surface area contributed by atoms with Crippen LogP contribution in [0.25, 0.3) is 0 Å². The Balaban J connectivity index is 1.77. The monoisotopic (exact) mass is 298 g/mol. The zero-order valence-electron chi connectivity index (χ0n) is 11.7. The summed E-state index contributed by atoms with van der Waals surface area (Å²) in [5.41, 5.74) is 0. The highest BCUT2D eigenvalue weighted by atomic mass is 35.5. The fourth-order valence-corrected chi connectivity index (χ4v) is 2.46. The molecular weight excluding hydrogens is 280 g/mol. The van der Waals surface area contributed by atoms with Gasteiger partial charge in [-0.3, -0.25) is 14.3 Å². The molecular formula is C13H19ClN4O2. The molecule has 1 aromatic rings. The fraction of sp³-hybridized carbons (Fsp3) is 0.615. The van der Waals surface area contributed by atoms with Gasteiger partial charge < -0.3 is 10.2 Å². The van der Waals surface area contributed by atoms with Gasteiger partial charge in [0.05, 0.1) is 23.7 Å². The van der Waals surface area contributed by atoms with E-state index in [2.05, 4.69) is 10.4 Å². The Hall–Kier alpha value is -1.56. The third-order valence-corrected chi connectivity index (χ3v) is 3.59. The Morgan fingerprint density at radius 3 is 2.90 bits per heavy atom. The van der Waals surface area contributed by atoms with Crippen molar-refractivity contribution in [3.8, 4) is 0 Å². The van der Waals surface area contributed by atoms with E-state index in [1.54, 1.807) is 22.0 Å². The molecule has 2 amide bonds. The second-order valence-electron chi connectivity index (χ2n) is 5.25. The van der Waals surface area contributed by atoms with Crippen molar-refractivity contribution < 1.29 is 9.59 Å².